The zero-order valence-corrected chi connectivity index (χ0v) is 12.1. The van der Waals surface area contributed by atoms with Crippen molar-refractivity contribution in [2.45, 2.75) is 45.6 Å². The van der Waals surface area contributed by atoms with Gasteiger partial charge in [0.1, 0.15) is 0 Å². The van der Waals surface area contributed by atoms with E-state index in [-0.39, 0.29) is 0 Å². The van der Waals surface area contributed by atoms with Crippen molar-refractivity contribution in [3.63, 3.8) is 0 Å². The molecule has 0 radical (unpaired) electrons. The molecule has 1 aliphatic carbocycles. The normalized spacial score (nSPS) is 23.4. The number of hydrogen-bond donors (Lipinski definition) is 2. The molecule has 0 saturated heterocycles. The lowest BCUT2D eigenvalue weighted by molar-refractivity contribution is 0.254. The van der Waals surface area contributed by atoms with Gasteiger partial charge in [-0.05, 0) is 47.1 Å². The van der Waals surface area contributed by atoms with E-state index in [0.717, 1.165) is 11.2 Å². The van der Waals surface area contributed by atoms with Crippen LogP contribution in [0.1, 0.15) is 39.5 Å². The summed E-state index contributed by atoms with van der Waals surface area (Å²) in [4.78, 5) is 0. The summed E-state index contributed by atoms with van der Waals surface area (Å²) in [6.07, 6.45) is 5.13. The molecule has 5 nitrogen and oxygen atoms in total. The summed E-state index contributed by atoms with van der Waals surface area (Å²) in [6, 6.07) is 4.34. The Morgan fingerprint density at radius 1 is 1.20 bits per heavy atom. The molecule has 2 unspecified atom stereocenters. The Hall–Kier alpha value is -1.78. The number of anilines is 2. The second-order valence-corrected chi connectivity index (χ2v) is 6.11. The Morgan fingerprint density at radius 2 is 1.95 bits per heavy atom. The first-order chi connectivity index (χ1) is 9.66. The second-order valence-electron chi connectivity index (χ2n) is 6.11. The van der Waals surface area contributed by atoms with Crippen molar-refractivity contribution in [1.82, 2.24) is 10.3 Å². The smallest absolute Gasteiger partial charge is 0.160 e. The predicted molar refractivity (Wildman–Crippen MR) is 80.4 cm³/mol. The van der Waals surface area contributed by atoms with Crippen molar-refractivity contribution < 1.29 is 4.63 Å². The van der Waals surface area contributed by atoms with Crippen molar-refractivity contribution in [3.8, 4) is 0 Å². The lowest BCUT2D eigenvalue weighted by Gasteiger charge is -2.35. The summed E-state index contributed by atoms with van der Waals surface area (Å²) >= 11 is 0. The van der Waals surface area contributed by atoms with Gasteiger partial charge >= 0.3 is 0 Å². The quantitative estimate of drug-likeness (QED) is 0.838. The van der Waals surface area contributed by atoms with Crippen molar-refractivity contribution in [2.24, 2.45) is 11.8 Å². The first-order valence-electron chi connectivity index (χ1n) is 7.44. The maximum absolute atomic E-state index is 5.89. The lowest BCUT2D eigenvalue weighted by atomic mass is 9.78. The van der Waals surface area contributed by atoms with Crippen molar-refractivity contribution in [2.75, 3.05) is 11.1 Å². The van der Waals surface area contributed by atoms with E-state index in [2.05, 4.69) is 29.5 Å². The third-order valence-electron chi connectivity index (χ3n) is 4.46. The number of hydrogen-bond acceptors (Lipinski definition) is 5. The number of fused-ring (bicyclic) bond motifs is 1. The molecule has 0 amide bonds. The van der Waals surface area contributed by atoms with Gasteiger partial charge in [0.15, 0.2) is 11.0 Å². The molecule has 0 spiro atoms. The molecule has 108 valence electrons. The van der Waals surface area contributed by atoms with Gasteiger partial charge in [-0.3, -0.25) is 0 Å². The van der Waals surface area contributed by atoms with Gasteiger partial charge in [0.25, 0.3) is 0 Å². The van der Waals surface area contributed by atoms with Crippen LogP contribution in [-0.2, 0) is 0 Å². The van der Waals surface area contributed by atoms with Gasteiger partial charge in [-0.1, -0.05) is 26.7 Å². The fourth-order valence-corrected chi connectivity index (χ4v) is 3.34. The number of aromatic nitrogens is 2. The number of nitrogens with two attached hydrogens (primary N) is 1. The van der Waals surface area contributed by atoms with Gasteiger partial charge in [0.2, 0.25) is 0 Å². The summed E-state index contributed by atoms with van der Waals surface area (Å²) in [5.41, 5.74) is 8.85. The van der Waals surface area contributed by atoms with Gasteiger partial charge in [-0.25, -0.2) is 4.63 Å². The summed E-state index contributed by atoms with van der Waals surface area (Å²) in [7, 11) is 0. The molecule has 1 aromatic heterocycles. The van der Waals surface area contributed by atoms with Crippen molar-refractivity contribution in [1.29, 1.82) is 0 Å². The Kier molecular flexibility index (Phi) is 3.51. The average Bonchev–Trinajstić information content (AvgIpc) is 2.93. The molecule has 3 rings (SSSR count). The van der Waals surface area contributed by atoms with Crippen LogP contribution in [0.3, 0.4) is 0 Å². The van der Waals surface area contributed by atoms with Gasteiger partial charge in [-0.2, -0.15) is 0 Å². The zero-order valence-electron chi connectivity index (χ0n) is 12.1. The van der Waals surface area contributed by atoms with E-state index in [1.54, 1.807) is 0 Å². The van der Waals surface area contributed by atoms with Crippen LogP contribution < -0.4 is 11.1 Å². The second kappa shape index (κ2) is 5.31. The van der Waals surface area contributed by atoms with E-state index >= 15 is 0 Å². The monoisotopic (exact) mass is 274 g/mol. The number of nitrogens with one attached hydrogen (secondary N) is 1. The fraction of sp³-hybridized carbons (Fsp3) is 0.600. The number of rotatable bonds is 3. The molecular formula is C15H22N4O. The molecule has 1 aliphatic rings. The van der Waals surface area contributed by atoms with Crippen LogP contribution in [0.5, 0.6) is 0 Å². The summed E-state index contributed by atoms with van der Waals surface area (Å²) in [5, 5.41) is 11.5. The van der Waals surface area contributed by atoms with Crippen molar-refractivity contribution >= 4 is 22.4 Å². The molecule has 2 atom stereocenters. The standard InChI is InChI=1S/C15H22N4O/c1-9(2)10-5-3-4-6-12(10)17-13-8-7-11(16)14-15(13)19-20-18-14/h7-10,12,17H,3-6,16H2,1-2H3. The minimum atomic E-state index is 0.493. The largest absolute Gasteiger partial charge is 0.397 e. The fourth-order valence-electron chi connectivity index (χ4n) is 3.34. The molecular weight excluding hydrogens is 252 g/mol. The Labute approximate surface area is 118 Å². The van der Waals surface area contributed by atoms with E-state index in [1.807, 2.05) is 12.1 Å². The molecule has 0 aliphatic heterocycles. The van der Waals surface area contributed by atoms with E-state index in [1.165, 1.54) is 25.7 Å². The molecule has 1 aromatic carbocycles. The van der Waals surface area contributed by atoms with Crippen LogP contribution in [0.2, 0.25) is 0 Å². The highest BCUT2D eigenvalue weighted by atomic mass is 16.6. The lowest BCUT2D eigenvalue weighted by Crippen LogP contribution is -2.35. The van der Waals surface area contributed by atoms with Crippen LogP contribution in [-0.4, -0.2) is 16.4 Å². The van der Waals surface area contributed by atoms with Crippen LogP contribution in [0, 0.1) is 11.8 Å². The first-order valence-corrected chi connectivity index (χ1v) is 7.44. The predicted octanol–water partition coefficient (Wildman–Crippen LogP) is 3.43. The highest BCUT2D eigenvalue weighted by Crippen LogP contribution is 2.34. The van der Waals surface area contributed by atoms with Crippen LogP contribution in [0.15, 0.2) is 16.8 Å². The molecule has 5 heteroatoms. The molecule has 3 N–H and O–H groups in total. The third kappa shape index (κ3) is 2.32. The Morgan fingerprint density at radius 3 is 2.75 bits per heavy atom. The Balaban J connectivity index is 1.88. The molecule has 1 heterocycles. The number of nitrogens with zero attached hydrogens (tertiary/aromatic N) is 2. The van der Waals surface area contributed by atoms with Crippen molar-refractivity contribution in [3.05, 3.63) is 12.1 Å². The summed E-state index contributed by atoms with van der Waals surface area (Å²) < 4.78 is 4.83. The van der Waals surface area contributed by atoms with E-state index in [4.69, 9.17) is 10.4 Å². The topological polar surface area (TPSA) is 77.0 Å². The summed E-state index contributed by atoms with van der Waals surface area (Å²) in [5.74, 6) is 1.39. The molecule has 1 fully saturated rings. The maximum atomic E-state index is 5.89. The minimum Gasteiger partial charge on any atom is -0.397 e. The summed E-state index contributed by atoms with van der Waals surface area (Å²) in [6.45, 7) is 4.61. The number of nitrogen functional groups attached to an aromatic ring is 1. The van der Waals surface area contributed by atoms with E-state index in [9.17, 15) is 0 Å². The third-order valence-corrected chi connectivity index (χ3v) is 4.46. The Bertz CT molecular complexity index is 593. The molecule has 0 bridgehead atoms. The molecule has 1 saturated carbocycles. The van der Waals surface area contributed by atoms with E-state index in [0.29, 0.717) is 29.1 Å². The van der Waals surface area contributed by atoms with Crippen LogP contribution >= 0.6 is 0 Å². The zero-order chi connectivity index (χ0) is 14.1. The molecule has 20 heavy (non-hydrogen) atoms. The van der Waals surface area contributed by atoms with E-state index < -0.39 is 0 Å². The average molecular weight is 274 g/mol. The minimum absolute atomic E-state index is 0.493. The van der Waals surface area contributed by atoms with Crippen LogP contribution in [0.4, 0.5) is 11.4 Å². The van der Waals surface area contributed by atoms with Gasteiger partial charge in [0.05, 0.1) is 11.4 Å². The first kappa shape index (κ1) is 13.2. The highest BCUT2D eigenvalue weighted by Gasteiger charge is 2.28. The highest BCUT2D eigenvalue weighted by molar-refractivity contribution is 5.95. The SMILES string of the molecule is CC(C)C1CCCCC1Nc1ccc(N)c2nonc12. The molecule has 2 aromatic rings. The van der Waals surface area contributed by atoms with Gasteiger partial charge in [-0.15, -0.1) is 0 Å². The van der Waals surface area contributed by atoms with Crippen LogP contribution in [0.25, 0.3) is 11.0 Å². The van der Waals surface area contributed by atoms with Gasteiger partial charge < -0.3 is 11.1 Å². The maximum Gasteiger partial charge on any atom is 0.160 e. The van der Waals surface area contributed by atoms with Gasteiger partial charge in [0, 0.05) is 6.04 Å². The number of benzene rings is 1.